The van der Waals surface area contributed by atoms with Crippen molar-refractivity contribution in [1.29, 1.82) is 0 Å². The number of rotatable bonds is 36. The zero-order valence-corrected chi connectivity index (χ0v) is 51.0. The summed E-state index contributed by atoms with van der Waals surface area (Å²) in [7, 11) is 0. The van der Waals surface area contributed by atoms with Crippen LogP contribution >= 0.6 is 0 Å². The van der Waals surface area contributed by atoms with E-state index in [1.165, 1.54) is 103 Å². The van der Waals surface area contributed by atoms with E-state index in [1.807, 2.05) is 6.07 Å². The van der Waals surface area contributed by atoms with Gasteiger partial charge < -0.3 is 28.4 Å². The van der Waals surface area contributed by atoms with Crippen molar-refractivity contribution in [3.8, 4) is 34.5 Å². The number of esters is 4. The van der Waals surface area contributed by atoms with Crippen LogP contribution in [0.1, 0.15) is 195 Å². The van der Waals surface area contributed by atoms with Gasteiger partial charge in [-0.15, -0.1) is 0 Å². The van der Waals surface area contributed by atoms with E-state index in [-0.39, 0.29) is 5.75 Å². The fourth-order valence-electron chi connectivity index (χ4n) is 9.87. The number of carbonyl (C=O) groups excluding carboxylic acids is 4. The van der Waals surface area contributed by atoms with Gasteiger partial charge in [-0.2, -0.15) is 0 Å². The summed E-state index contributed by atoms with van der Waals surface area (Å²) in [6.07, 6.45) is 28.8. The molecule has 12 nitrogen and oxygen atoms in total. The van der Waals surface area contributed by atoms with Gasteiger partial charge in [0.1, 0.15) is 34.5 Å². The Kier molecular flexibility index (Phi) is 26.6. The van der Waals surface area contributed by atoms with Crippen LogP contribution in [0, 0.1) is 0 Å². The highest BCUT2D eigenvalue weighted by Gasteiger charge is 2.16. The standard InChI is InChI=1S/C76H82N2O10/c1-3-5-7-9-11-13-15-17-19-21-52-83-66-43-35-62(36-44-66)73(79)85-68-48-39-64(40-49-68)77-55-57-26-30-60(31-27-57)75(81)87-70-47-34-59-24-23-25-72(71(59)54-70)88-76(82)61-32-28-58(29-33-61)56-78-65-41-50-69(51-42-65)86-74(80)63-37-45-67(46-38-63)84-53-22-20-18-16-14-12-10-8-6-4-2/h23-51,54-56H,3-22,52-53H2,1-2H3. The maximum absolute atomic E-state index is 13.4. The highest BCUT2D eigenvalue weighted by atomic mass is 16.5. The quantitative estimate of drug-likeness (QED) is 0.0161. The minimum absolute atomic E-state index is 0.277. The summed E-state index contributed by atoms with van der Waals surface area (Å²) in [6, 6.07) is 52.0. The third-order valence-electron chi connectivity index (χ3n) is 15.1. The Labute approximate surface area is 519 Å². The molecule has 456 valence electrons. The predicted molar refractivity (Wildman–Crippen MR) is 352 cm³/mol. The van der Waals surface area contributed by atoms with Crippen LogP contribution in [0.15, 0.2) is 192 Å². The Morgan fingerprint density at radius 3 is 1.06 bits per heavy atom. The van der Waals surface area contributed by atoms with Crippen molar-refractivity contribution in [2.24, 2.45) is 9.98 Å². The van der Waals surface area contributed by atoms with Gasteiger partial charge in [-0.3, -0.25) is 9.98 Å². The zero-order chi connectivity index (χ0) is 61.4. The molecule has 0 heterocycles. The Morgan fingerprint density at radius 1 is 0.330 bits per heavy atom. The average molecular weight is 1180 g/mol. The molecular weight excluding hydrogens is 1100 g/mol. The monoisotopic (exact) mass is 1180 g/mol. The van der Waals surface area contributed by atoms with Gasteiger partial charge in [-0.05, 0) is 169 Å². The molecule has 0 N–H and O–H groups in total. The molecule has 88 heavy (non-hydrogen) atoms. The SMILES string of the molecule is CCCCCCCCCCCCOc1ccc(C(=O)Oc2ccc(N=Cc3ccc(C(=O)Oc4ccc5cccc(OC(=O)c6ccc(C=Nc7ccc(OC(=O)c8ccc(OCCCCCCCCCCCC)cc8)cc7)cc6)c5c4)cc3)cc2)cc1. The molecule has 0 saturated carbocycles. The Hall–Kier alpha value is -9.16. The van der Waals surface area contributed by atoms with Crippen LogP contribution in [0.25, 0.3) is 10.8 Å². The first-order valence-corrected chi connectivity index (χ1v) is 31.6. The lowest BCUT2D eigenvalue weighted by molar-refractivity contribution is 0.0724. The van der Waals surface area contributed by atoms with Crippen molar-refractivity contribution < 1.29 is 47.6 Å². The van der Waals surface area contributed by atoms with Crippen molar-refractivity contribution in [3.63, 3.8) is 0 Å². The lowest BCUT2D eigenvalue weighted by Crippen LogP contribution is -2.09. The van der Waals surface area contributed by atoms with Crippen LogP contribution < -0.4 is 28.4 Å². The van der Waals surface area contributed by atoms with Crippen molar-refractivity contribution in [2.75, 3.05) is 13.2 Å². The number of nitrogens with zero attached hydrogens (tertiary/aromatic N) is 2. The number of benzene rings is 8. The van der Waals surface area contributed by atoms with Gasteiger partial charge in [0.25, 0.3) is 0 Å². The number of carbonyl (C=O) groups is 4. The third-order valence-corrected chi connectivity index (χ3v) is 15.1. The van der Waals surface area contributed by atoms with Crippen LogP contribution in [0.3, 0.4) is 0 Å². The summed E-state index contributed by atoms with van der Waals surface area (Å²) >= 11 is 0. The van der Waals surface area contributed by atoms with Crippen LogP contribution in [0.2, 0.25) is 0 Å². The molecule has 0 amide bonds. The van der Waals surface area contributed by atoms with Gasteiger partial charge in [0.05, 0.1) is 46.8 Å². The average Bonchev–Trinajstić information content (AvgIpc) is 2.60. The second-order valence-corrected chi connectivity index (χ2v) is 22.1. The van der Waals surface area contributed by atoms with Crippen LogP contribution in [-0.4, -0.2) is 49.5 Å². The summed E-state index contributed by atoms with van der Waals surface area (Å²) < 4.78 is 34.7. The van der Waals surface area contributed by atoms with E-state index in [2.05, 4.69) is 23.8 Å². The van der Waals surface area contributed by atoms with Crippen molar-refractivity contribution in [1.82, 2.24) is 0 Å². The number of ether oxygens (including phenoxy) is 6. The highest BCUT2D eigenvalue weighted by molar-refractivity contribution is 5.98. The van der Waals surface area contributed by atoms with Crippen molar-refractivity contribution >= 4 is 58.5 Å². The largest absolute Gasteiger partial charge is 0.494 e. The van der Waals surface area contributed by atoms with Gasteiger partial charge in [0.2, 0.25) is 0 Å². The third kappa shape index (κ3) is 22.0. The molecule has 0 aliphatic carbocycles. The van der Waals surface area contributed by atoms with Gasteiger partial charge in [0.15, 0.2) is 0 Å². The minimum Gasteiger partial charge on any atom is -0.494 e. The Morgan fingerprint density at radius 2 is 0.659 bits per heavy atom. The number of fused-ring (bicyclic) bond motifs is 1. The second kappa shape index (κ2) is 36.1. The van der Waals surface area contributed by atoms with E-state index in [1.54, 1.807) is 188 Å². The molecule has 0 atom stereocenters. The lowest BCUT2D eigenvalue weighted by atomic mass is 10.1. The van der Waals surface area contributed by atoms with E-state index < -0.39 is 23.9 Å². The molecule has 0 aliphatic rings. The first kappa shape index (κ1) is 64.8. The molecule has 0 bridgehead atoms. The first-order valence-electron chi connectivity index (χ1n) is 31.6. The first-order chi connectivity index (χ1) is 43.2. The lowest BCUT2D eigenvalue weighted by Gasteiger charge is -2.10. The maximum atomic E-state index is 13.4. The van der Waals surface area contributed by atoms with Crippen molar-refractivity contribution in [2.45, 2.75) is 142 Å². The van der Waals surface area contributed by atoms with Gasteiger partial charge in [-0.1, -0.05) is 172 Å². The number of hydrogen-bond acceptors (Lipinski definition) is 12. The molecular formula is C76H82N2O10. The molecule has 0 aliphatic heterocycles. The van der Waals surface area contributed by atoms with Crippen LogP contribution in [0.5, 0.6) is 34.5 Å². The molecule has 12 heteroatoms. The molecule has 0 fully saturated rings. The molecule has 0 aromatic heterocycles. The van der Waals surface area contributed by atoms with E-state index in [9.17, 15) is 19.2 Å². The maximum Gasteiger partial charge on any atom is 0.343 e. The zero-order valence-electron chi connectivity index (χ0n) is 51.0. The van der Waals surface area contributed by atoms with Crippen LogP contribution in [-0.2, 0) is 0 Å². The topological polar surface area (TPSA) is 148 Å². The van der Waals surface area contributed by atoms with E-state index in [0.717, 1.165) is 53.7 Å². The fraction of sp³-hybridized carbons (Fsp3) is 0.316. The molecule has 8 rings (SSSR count). The van der Waals surface area contributed by atoms with E-state index >= 15 is 0 Å². The number of unbranched alkanes of at least 4 members (excludes halogenated alkanes) is 18. The number of hydrogen-bond donors (Lipinski definition) is 0. The van der Waals surface area contributed by atoms with Crippen molar-refractivity contribution in [3.05, 3.63) is 215 Å². The van der Waals surface area contributed by atoms with E-state index in [0.29, 0.717) is 69.5 Å². The summed E-state index contributed by atoms with van der Waals surface area (Å²) in [6.45, 7) is 5.81. The molecule has 8 aromatic rings. The summed E-state index contributed by atoms with van der Waals surface area (Å²) in [4.78, 5) is 61.6. The smallest absolute Gasteiger partial charge is 0.343 e. The molecule has 8 aromatic carbocycles. The molecule has 0 saturated heterocycles. The summed E-state index contributed by atoms with van der Waals surface area (Å²) in [5, 5.41) is 1.37. The summed E-state index contributed by atoms with van der Waals surface area (Å²) in [5.41, 5.74) is 4.32. The molecule has 0 unspecified atom stereocenters. The predicted octanol–water partition coefficient (Wildman–Crippen LogP) is 19.8. The van der Waals surface area contributed by atoms with Gasteiger partial charge in [-0.25, -0.2) is 19.2 Å². The molecule has 0 radical (unpaired) electrons. The highest BCUT2D eigenvalue weighted by Crippen LogP contribution is 2.31. The summed E-state index contributed by atoms with van der Waals surface area (Å²) in [5.74, 6) is 0.772. The van der Waals surface area contributed by atoms with E-state index in [4.69, 9.17) is 28.4 Å². The van der Waals surface area contributed by atoms with Gasteiger partial charge in [0, 0.05) is 17.8 Å². The van der Waals surface area contributed by atoms with Gasteiger partial charge >= 0.3 is 23.9 Å². The fourth-order valence-corrected chi connectivity index (χ4v) is 9.87. The number of aliphatic imine (C=N–C) groups is 2. The second-order valence-electron chi connectivity index (χ2n) is 22.1. The molecule has 0 spiro atoms. The normalized spacial score (nSPS) is 11.2. The Bertz CT molecular complexity index is 3490. The van der Waals surface area contributed by atoms with Crippen LogP contribution in [0.4, 0.5) is 11.4 Å². The Balaban J connectivity index is 0.734. The minimum atomic E-state index is -0.564.